The van der Waals surface area contributed by atoms with E-state index in [1.165, 1.54) is 0 Å². The van der Waals surface area contributed by atoms with Gasteiger partial charge in [-0.15, -0.1) is 0 Å². The Bertz CT molecular complexity index is 3510. The highest BCUT2D eigenvalue weighted by Crippen LogP contribution is 2.30. The molecule has 0 radical (unpaired) electrons. The number of rotatable bonds is 6. The number of ether oxygens (including phenoxy) is 10. The van der Waals surface area contributed by atoms with Crippen molar-refractivity contribution < 1.29 is 76.1 Å². The molecule has 22 heteroatoms. The molecule has 8 aromatic rings. The number of hydrogen-bond acceptors (Lipinski definition) is 18. The van der Waals surface area contributed by atoms with Crippen molar-refractivity contribution in [1.29, 1.82) is 0 Å². The summed E-state index contributed by atoms with van der Waals surface area (Å²) in [7, 11) is 0. The van der Waals surface area contributed by atoms with Gasteiger partial charge in [0.2, 0.25) is 0 Å². The minimum Gasteiger partial charge on any atom is -0.489 e. The molecule has 0 unspecified atom stereocenters. The lowest BCUT2D eigenvalue weighted by Gasteiger charge is -2.34. The van der Waals surface area contributed by atoms with Crippen molar-refractivity contribution in [3.8, 4) is 46.0 Å². The molecule has 3 aliphatic rings. The molecule has 3 aliphatic heterocycles. The van der Waals surface area contributed by atoms with Crippen LogP contribution in [0.3, 0.4) is 0 Å². The SMILES string of the molecule is O=C(CN1CCN(CC(=O)OC2COc3ccccc3COc3ccccc3C(=O)NCCNC(=O)c3ccccc3OCc3ccccc3OC2)CC1)OC1COc2ccccc2COc2ccccc2C(=O)NCCNC(=O)c2ccccc2OCc2ccccc2OC1. The van der Waals surface area contributed by atoms with E-state index < -0.39 is 24.1 Å². The standard InChI is InChI=1S/C74H74N6O16/c81-69(95-55-47-91-61-25-9-1-17-51(61)43-87-65-29-13-5-21-57(65)71(83)75-33-34-76-72(84)58-22-6-14-30-66(58)88-44-52-18-2-10-26-62(52)92-48-55)41-79-37-39-80(40-38-79)42-70(82)96-56-49-93-63-27-11-3-19-53(63)45-89-67-31-15-7-23-59(67)73(85)77-35-36-78-74(86)60-24-8-16-32-68(60)90-46-54-20-4-12-28-64(54)94-50-56/h1-32,55-56H,33-50H2,(H,75,83)(H,76,84)(H,77,85)(H,78,86). The van der Waals surface area contributed by atoms with Gasteiger partial charge in [0, 0.05) is 74.6 Å². The molecule has 0 aliphatic carbocycles. The van der Waals surface area contributed by atoms with Crippen LogP contribution in [0.2, 0.25) is 0 Å². The first-order valence-corrected chi connectivity index (χ1v) is 31.7. The molecule has 0 bridgehead atoms. The van der Waals surface area contributed by atoms with Crippen LogP contribution in [0.1, 0.15) is 63.7 Å². The van der Waals surface area contributed by atoms with Crippen LogP contribution in [0.5, 0.6) is 46.0 Å². The maximum Gasteiger partial charge on any atom is 0.320 e. The van der Waals surface area contributed by atoms with Crippen molar-refractivity contribution in [2.24, 2.45) is 0 Å². The van der Waals surface area contributed by atoms with E-state index in [9.17, 15) is 28.8 Å². The second-order valence-corrected chi connectivity index (χ2v) is 22.6. The van der Waals surface area contributed by atoms with Crippen molar-refractivity contribution in [2.75, 3.05) is 91.9 Å². The Hall–Kier alpha value is -11.1. The van der Waals surface area contributed by atoms with Crippen LogP contribution in [0.25, 0.3) is 0 Å². The Kier molecular flexibility index (Phi) is 23.3. The van der Waals surface area contributed by atoms with Crippen molar-refractivity contribution in [2.45, 2.75) is 38.6 Å². The Morgan fingerprint density at radius 1 is 0.312 bits per heavy atom. The van der Waals surface area contributed by atoms with Crippen LogP contribution >= 0.6 is 0 Å². The highest BCUT2D eigenvalue weighted by molar-refractivity contribution is 5.99. The number of piperazine rings is 1. The maximum absolute atomic E-state index is 14.0. The number of hydrogen-bond donors (Lipinski definition) is 4. The third-order valence-electron chi connectivity index (χ3n) is 15.8. The van der Waals surface area contributed by atoms with E-state index in [1.54, 1.807) is 121 Å². The highest BCUT2D eigenvalue weighted by Gasteiger charge is 2.28. The molecule has 96 heavy (non-hydrogen) atoms. The molecular formula is C74H74N6O16. The summed E-state index contributed by atoms with van der Waals surface area (Å²) in [6, 6.07) is 56.6. The summed E-state index contributed by atoms with van der Waals surface area (Å²) in [5, 5.41) is 11.5. The number of fused-ring (bicyclic) bond motifs is 8. The fourth-order valence-electron chi connectivity index (χ4n) is 10.8. The van der Waals surface area contributed by atoms with Gasteiger partial charge in [-0.1, -0.05) is 121 Å². The Labute approximate surface area is 555 Å². The molecule has 11 rings (SSSR count). The van der Waals surface area contributed by atoms with Gasteiger partial charge in [-0.25, -0.2) is 0 Å². The first-order chi connectivity index (χ1) is 47.1. The van der Waals surface area contributed by atoms with Crippen molar-refractivity contribution >= 4 is 35.6 Å². The van der Waals surface area contributed by atoms with E-state index in [2.05, 4.69) is 21.3 Å². The van der Waals surface area contributed by atoms with Crippen molar-refractivity contribution in [3.05, 3.63) is 239 Å². The molecule has 1 fully saturated rings. The molecule has 4 N–H and O–H groups in total. The largest absolute Gasteiger partial charge is 0.489 e. The average Bonchev–Trinajstić information content (AvgIpc) is 1.24. The maximum atomic E-state index is 14.0. The summed E-state index contributed by atoms with van der Waals surface area (Å²) in [5.41, 5.74) is 3.89. The zero-order valence-electron chi connectivity index (χ0n) is 52.8. The number of esters is 2. The third kappa shape index (κ3) is 18.6. The highest BCUT2D eigenvalue weighted by atomic mass is 16.6. The number of amides is 4. The normalized spacial score (nSPS) is 16.3. The first kappa shape index (κ1) is 66.4. The van der Waals surface area contributed by atoms with E-state index in [0.717, 1.165) is 0 Å². The van der Waals surface area contributed by atoms with Gasteiger partial charge in [-0.05, 0) is 72.8 Å². The summed E-state index contributed by atoms with van der Waals surface area (Å²) in [4.78, 5) is 85.8. The molecule has 0 saturated carbocycles. The van der Waals surface area contributed by atoms with E-state index in [-0.39, 0.29) is 116 Å². The number of para-hydroxylation sites is 8. The molecule has 496 valence electrons. The van der Waals surface area contributed by atoms with E-state index in [4.69, 9.17) is 47.4 Å². The Morgan fingerprint density at radius 2 is 0.531 bits per heavy atom. The van der Waals surface area contributed by atoms with Crippen molar-refractivity contribution in [3.63, 3.8) is 0 Å². The van der Waals surface area contributed by atoms with Crippen LogP contribution in [-0.2, 0) is 45.5 Å². The molecule has 3 heterocycles. The van der Waals surface area contributed by atoms with Gasteiger partial charge >= 0.3 is 11.9 Å². The Balaban J connectivity index is 0.745. The summed E-state index contributed by atoms with van der Waals surface area (Å²) < 4.78 is 63.0. The van der Waals surface area contributed by atoms with Gasteiger partial charge in [0.05, 0.1) is 35.3 Å². The number of benzene rings is 8. The van der Waals surface area contributed by atoms with Crippen molar-refractivity contribution in [1.82, 2.24) is 31.1 Å². The fraction of sp³-hybridized carbons (Fsp3) is 0.270. The lowest BCUT2D eigenvalue weighted by molar-refractivity contribution is -0.156. The number of carbonyl (C=O) groups is 6. The Morgan fingerprint density at radius 3 is 0.781 bits per heavy atom. The molecule has 0 aromatic heterocycles. The van der Waals surface area contributed by atoms with Gasteiger partial charge in [0.1, 0.15) is 98.9 Å². The average molecular weight is 1300 g/mol. The minimum absolute atomic E-state index is 0.0379. The van der Waals surface area contributed by atoms with Gasteiger partial charge in [0.15, 0.2) is 12.2 Å². The molecular weight excluding hydrogens is 1230 g/mol. The smallest absolute Gasteiger partial charge is 0.320 e. The van der Waals surface area contributed by atoms with Crippen LogP contribution in [0.15, 0.2) is 194 Å². The third-order valence-corrected chi connectivity index (χ3v) is 15.8. The van der Waals surface area contributed by atoms with Gasteiger partial charge in [0.25, 0.3) is 23.6 Å². The number of nitrogens with zero attached hydrogens (tertiary/aromatic N) is 2. The predicted octanol–water partition coefficient (Wildman–Crippen LogP) is 8.01. The first-order valence-electron chi connectivity index (χ1n) is 31.7. The lowest BCUT2D eigenvalue weighted by atomic mass is 10.1. The monoisotopic (exact) mass is 1300 g/mol. The van der Waals surface area contributed by atoms with Gasteiger partial charge in [-0.2, -0.15) is 0 Å². The lowest BCUT2D eigenvalue weighted by Crippen LogP contribution is -2.50. The fourth-order valence-corrected chi connectivity index (χ4v) is 10.8. The van der Waals surface area contributed by atoms with Crippen LogP contribution in [0, 0.1) is 0 Å². The zero-order chi connectivity index (χ0) is 66.3. The van der Waals surface area contributed by atoms with Gasteiger partial charge < -0.3 is 68.6 Å². The number of nitrogens with one attached hydrogen (secondary N) is 4. The number of carbonyl (C=O) groups excluding carboxylic acids is 6. The minimum atomic E-state index is -0.922. The summed E-state index contributed by atoms with van der Waals surface area (Å²) in [5.74, 6) is 0.649. The summed E-state index contributed by atoms with van der Waals surface area (Å²) >= 11 is 0. The molecule has 0 spiro atoms. The van der Waals surface area contributed by atoms with Crippen LogP contribution < -0.4 is 59.2 Å². The molecule has 0 atom stereocenters. The molecule has 4 amide bonds. The van der Waals surface area contributed by atoms with Crippen LogP contribution in [0.4, 0.5) is 0 Å². The summed E-state index contributed by atoms with van der Waals surface area (Å²) in [6.07, 6.45) is -1.84. The van der Waals surface area contributed by atoms with E-state index in [0.29, 0.717) is 117 Å². The quantitative estimate of drug-likeness (QED) is 0.115. The van der Waals surface area contributed by atoms with Gasteiger partial charge in [-0.3, -0.25) is 38.6 Å². The van der Waals surface area contributed by atoms with E-state index in [1.807, 2.05) is 82.6 Å². The molecule has 1 saturated heterocycles. The molecule has 8 aromatic carbocycles. The second-order valence-electron chi connectivity index (χ2n) is 22.6. The predicted molar refractivity (Wildman–Crippen MR) is 353 cm³/mol. The summed E-state index contributed by atoms with van der Waals surface area (Å²) in [6.45, 7) is 1.89. The van der Waals surface area contributed by atoms with E-state index >= 15 is 0 Å². The topological polar surface area (TPSA) is 249 Å². The van der Waals surface area contributed by atoms with Crippen LogP contribution in [-0.4, -0.2) is 149 Å². The second kappa shape index (κ2) is 33.7. The zero-order valence-corrected chi connectivity index (χ0v) is 52.8. The molecule has 22 nitrogen and oxygen atoms in total.